The van der Waals surface area contributed by atoms with Crippen molar-refractivity contribution in [2.45, 2.75) is 5.16 Å². The van der Waals surface area contributed by atoms with Gasteiger partial charge in [0.2, 0.25) is 0 Å². The van der Waals surface area contributed by atoms with Crippen molar-refractivity contribution in [2.75, 3.05) is 5.75 Å². The lowest BCUT2D eigenvalue weighted by Gasteiger charge is -2.03. The zero-order valence-corrected chi connectivity index (χ0v) is 14.3. The van der Waals surface area contributed by atoms with Gasteiger partial charge in [-0.1, -0.05) is 65.8 Å². The molecule has 0 N–H and O–H groups in total. The standard InChI is InChI=1S/C18H16ClN3S/c1-22-17(15-9-11-16(19)12-10-15)20-21-18(22)23-13-5-8-14-6-3-2-4-7-14/h2-12H,13H2,1H3/b8-5+. The van der Waals surface area contributed by atoms with E-state index in [1.54, 1.807) is 11.8 Å². The Morgan fingerprint density at radius 2 is 1.78 bits per heavy atom. The molecule has 0 fully saturated rings. The molecule has 0 bridgehead atoms. The summed E-state index contributed by atoms with van der Waals surface area (Å²) in [4.78, 5) is 0. The molecule has 3 nitrogen and oxygen atoms in total. The molecule has 0 aliphatic rings. The summed E-state index contributed by atoms with van der Waals surface area (Å²) in [5.74, 6) is 1.69. The molecule has 0 radical (unpaired) electrons. The average molecular weight is 342 g/mol. The molecule has 0 spiro atoms. The maximum atomic E-state index is 5.92. The second-order valence-electron chi connectivity index (χ2n) is 5.00. The molecule has 1 heterocycles. The van der Waals surface area contributed by atoms with Crippen LogP contribution in [0.4, 0.5) is 0 Å². The predicted octanol–water partition coefficient (Wildman–Crippen LogP) is 4.94. The van der Waals surface area contributed by atoms with Gasteiger partial charge in [0.1, 0.15) is 0 Å². The molecule has 3 aromatic rings. The molecule has 0 aliphatic heterocycles. The van der Waals surface area contributed by atoms with Crippen molar-refractivity contribution < 1.29 is 0 Å². The van der Waals surface area contributed by atoms with Gasteiger partial charge in [0, 0.05) is 23.4 Å². The fourth-order valence-electron chi connectivity index (χ4n) is 2.16. The third kappa shape index (κ3) is 4.03. The third-order valence-corrected chi connectivity index (χ3v) is 4.58. The van der Waals surface area contributed by atoms with Crippen molar-refractivity contribution in [3.8, 4) is 11.4 Å². The zero-order chi connectivity index (χ0) is 16.1. The maximum Gasteiger partial charge on any atom is 0.191 e. The first-order valence-corrected chi connectivity index (χ1v) is 8.60. The first-order chi connectivity index (χ1) is 11.2. The Morgan fingerprint density at radius 3 is 2.52 bits per heavy atom. The maximum absolute atomic E-state index is 5.92. The van der Waals surface area contributed by atoms with E-state index in [9.17, 15) is 0 Å². The topological polar surface area (TPSA) is 30.7 Å². The van der Waals surface area contributed by atoms with Crippen molar-refractivity contribution in [3.63, 3.8) is 0 Å². The van der Waals surface area contributed by atoms with Crippen LogP contribution in [0.25, 0.3) is 17.5 Å². The smallest absolute Gasteiger partial charge is 0.191 e. The predicted molar refractivity (Wildman–Crippen MR) is 97.6 cm³/mol. The summed E-state index contributed by atoms with van der Waals surface area (Å²) in [6.45, 7) is 0. The normalized spacial score (nSPS) is 11.2. The monoisotopic (exact) mass is 341 g/mol. The Morgan fingerprint density at radius 1 is 1.04 bits per heavy atom. The number of benzene rings is 2. The lowest BCUT2D eigenvalue weighted by Crippen LogP contribution is -1.94. The Kier molecular flexibility index (Phi) is 5.16. The minimum Gasteiger partial charge on any atom is -0.305 e. The van der Waals surface area contributed by atoms with Crippen LogP contribution in [-0.2, 0) is 7.05 Å². The number of hydrogen-bond donors (Lipinski definition) is 0. The zero-order valence-electron chi connectivity index (χ0n) is 12.7. The van der Waals surface area contributed by atoms with E-state index < -0.39 is 0 Å². The summed E-state index contributed by atoms with van der Waals surface area (Å²) in [6, 6.07) is 17.9. The fraction of sp³-hybridized carbons (Fsp3) is 0.111. The highest BCUT2D eigenvalue weighted by molar-refractivity contribution is 7.99. The molecule has 5 heteroatoms. The minimum absolute atomic E-state index is 0.719. The third-order valence-electron chi connectivity index (χ3n) is 3.36. The molecule has 23 heavy (non-hydrogen) atoms. The van der Waals surface area contributed by atoms with Crippen LogP contribution in [0.1, 0.15) is 5.56 Å². The van der Waals surface area contributed by atoms with E-state index in [1.165, 1.54) is 5.56 Å². The van der Waals surface area contributed by atoms with Gasteiger partial charge in [-0.25, -0.2) is 0 Å². The van der Waals surface area contributed by atoms with Gasteiger partial charge < -0.3 is 4.57 Å². The molecule has 0 aliphatic carbocycles. The van der Waals surface area contributed by atoms with E-state index in [0.29, 0.717) is 0 Å². The van der Waals surface area contributed by atoms with Crippen LogP contribution < -0.4 is 0 Å². The number of nitrogens with zero attached hydrogens (tertiary/aromatic N) is 3. The molecule has 3 rings (SSSR count). The number of rotatable bonds is 5. The van der Waals surface area contributed by atoms with E-state index in [4.69, 9.17) is 11.6 Å². The first kappa shape index (κ1) is 15.8. The Bertz CT molecular complexity index is 795. The van der Waals surface area contributed by atoms with Gasteiger partial charge in [0.25, 0.3) is 0 Å². The summed E-state index contributed by atoms with van der Waals surface area (Å²) in [7, 11) is 1.98. The molecule has 0 amide bonds. The van der Waals surface area contributed by atoms with Crippen molar-refractivity contribution in [1.29, 1.82) is 0 Å². The minimum atomic E-state index is 0.719. The molecule has 116 valence electrons. The molecular formula is C18H16ClN3S. The van der Waals surface area contributed by atoms with E-state index in [0.717, 1.165) is 27.3 Å². The highest BCUT2D eigenvalue weighted by atomic mass is 35.5. The van der Waals surface area contributed by atoms with Gasteiger partial charge in [0.05, 0.1) is 0 Å². The van der Waals surface area contributed by atoms with Crippen LogP contribution in [0.15, 0.2) is 65.8 Å². The quantitative estimate of drug-likeness (QED) is 0.616. The first-order valence-electron chi connectivity index (χ1n) is 7.24. The van der Waals surface area contributed by atoms with E-state index in [1.807, 2.05) is 54.1 Å². The SMILES string of the molecule is Cn1c(SC/C=C/c2ccccc2)nnc1-c1ccc(Cl)cc1. The molecule has 1 aromatic heterocycles. The number of hydrogen-bond acceptors (Lipinski definition) is 3. The highest BCUT2D eigenvalue weighted by Gasteiger charge is 2.10. The van der Waals surface area contributed by atoms with Crippen molar-refractivity contribution in [1.82, 2.24) is 14.8 Å². The van der Waals surface area contributed by atoms with Crippen molar-refractivity contribution in [2.24, 2.45) is 7.05 Å². The van der Waals surface area contributed by atoms with Crippen LogP contribution >= 0.6 is 23.4 Å². The van der Waals surface area contributed by atoms with Crippen molar-refractivity contribution in [3.05, 3.63) is 71.3 Å². The van der Waals surface area contributed by atoms with E-state index >= 15 is 0 Å². The van der Waals surface area contributed by atoms with Gasteiger partial charge in [0.15, 0.2) is 11.0 Å². The van der Waals surface area contributed by atoms with E-state index in [-0.39, 0.29) is 0 Å². The average Bonchev–Trinajstić information content (AvgIpc) is 2.94. The van der Waals surface area contributed by atoms with Crippen LogP contribution in [0.5, 0.6) is 0 Å². The molecule has 0 saturated heterocycles. The Hall–Kier alpha value is -2.04. The number of halogens is 1. The van der Waals surface area contributed by atoms with Gasteiger partial charge >= 0.3 is 0 Å². The lowest BCUT2D eigenvalue weighted by molar-refractivity contribution is 0.795. The van der Waals surface area contributed by atoms with Crippen LogP contribution in [0, 0.1) is 0 Å². The summed E-state index contributed by atoms with van der Waals surface area (Å²) < 4.78 is 2.00. The molecule has 2 aromatic carbocycles. The summed E-state index contributed by atoms with van der Waals surface area (Å²) >= 11 is 7.59. The Balaban J connectivity index is 1.65. The van der Waals surface area contributed by atoms with Gasteiger partial charge in [-0.15, -0.1) is 10.2 Å². The van der Waals surface area contributed by atoms with Gasteiger partial charge in [-0.05, 0) is 29.8 Å². The number of aromatic nitrogens is 3. The molecular weight excluding hydrogens is 326 g/mol. The Labute approximate surface area is 145 Å². The summed E-state index contributed by atoms with van der Waals surface area (Å²) in [5, 5.41) is 10.2. The van der Waals surface area contributed by atoms with Crippen LogP contribution in [0.3, 0.4) is 0 Å². The summed E-state index contributed by atoms with van der Waals surface area (Å²) in [5.41, 5.74) is 2.21. The second-order valence-corrected chi connectivity index (χ2v) is 6.42. The van der Waals surface area contributed by atoms with Crippen molar-refractivity contribution >= 4 is 29.4 Å². The largest absolute Gasteiger partial charge is 0.305 e. The molecule has 0 atom stereocenters. The van der Waals surface area contributed by atoms with Crippen LogP contribution in [-0.4, -0.2) is 20.5 Å². The van der Waals surface area contributed by atoms with E-state index in [2.05, 4.69) is 34.5 Å². The van der Waals surface area contributed by atoms with Crippen LogP contribution in [0.2, 0.25) is 5.02 Å². The fourth-order valence-corrected chi connectivity index (χ4v) is 3.01. The summed E-state index contributed by atoms with van der Waals surface area (Å²) in [6.07, 6.45) is 4.25. The van der Waals surface area contributed by atoms with Gasteiger partial charge in [-0.3, -0.25) is 0 Å². The number of thioether (sulfide) groups is 1. The molecule has 0 saturated carbocycles. The second kappa shape index (κ2) is 7.49. The highest BCUT2D eigenvalue weighted by Crippen LogP contribution is 2.24. The molecule has 0 unspecified atom stereocenters. The van der Waals surface area contributed by atoms with Gasteiger partial charge in [-0.2, -0.15) is 0 Å². The lowest BCUT2D eigenvalue weighted by atomic mass is 10.2.